The van der Waals surface area contributed by atoms with Crippen LogP contribution in [0.1, 0.15) is 37.8 Å². The Morgan fingerprint density at radius 1 is 1.36 bits per heavy atom. The first kappa shape index (κ1) is 17.4. The monoisotopic (exact) mass is 343 g/mol. The van der Waals surface area contributed by atoms with Gasteiger partial charge in [-0.25, -0.2) is 0 Å². The summed E-state index contributed by atoms with van der Waals surface area (Å²) in [7, 11) is -1.13. The molecule has 0 saturated carbocycles. The molecule has 1 heterocycles. The zero-order valence-electron chi connectivity index (χ0n) is 12.7. The minimum Gasteiger partial charge on any atom is -0.381 e. The summed E-state index contributed by atoms with van der Waals surface area (Å²) in [5.41, 5.74) is 1.01. The molecule has 0 aromatic heterocycles. The van der Waals surface area contributed by atoms with Gasteiger partial charge in [-0.1, -0.05) is 30.7 Å². The Kier molecular flexibility index (Phi) is 6.86. The van der Waals surface area contributed by atoms with Crippen molar-refractivity contribution < 1.29 is 13.7 Å². The molecule has 1 amide bonds. The fourth-order valence-electron chi connectivity index (χ4n) is 2.54. The number of amides is 1. The number of carbonyl (C=O) groups is 1. The van der Waals surface area contributed by atoms with E-state index >= 15 is 0 Å². The van der Waals surface area contributed by atoms with Gasteiger partial charge in [0, 0.05) is 34.3 Å². The van der Waals surface area contributed by atoms with Gasteiger partial charge in [-0.2, -0.15) is 0 Å². The lowest BCUT2D eigenvalue weighted by molar-refractivity contribution is -0.119. The summed E-state index contributed by atoms with van der Waals surface area (Å²) in [5, 5.41) is 3.72. The number of halogens is 1. The predicted octanol–water partition coefficient (Wildman–Crippen LogP) is 2.84. The third-order valence-corrected chi connectivity index (χ3v) is 5.84. The van der Waals surface area contributed by atoms with E-state index in [0.717, 1.165) is 24.8 Å². The number of rotatable bonds is 6. The minimum atomic E-state index is -1.13. The summed E-state index contributed by atoms with van der Waals surface area (Å²) in [6.45, 7) is 3.29. The van der Waals surface area contributed by atoms with Crippen LogP contribution in [0.2, 0.25) is 5.02 Å². The van der Waals surface area contributed by atoms with E-state index in [2.05, 4.69) is 5.32 Å². The van der Waals surface area contributed by atoms with Crippen LogP contribution in [-0.4, -0.2) is 34.3 Å². The molecule has 0 aliphatic carbocycles. The fourth-order valence-corrected chi connectivity index (χ4v) is 3.96. The topological polar surface area (TPSA) is 55.4 Å². The third kappa shape index (κ3) is 5.07. The first-order valence-electron chi connectivity index (χ1n) is 7.60. The Morgan fingerprint density at radius 3 is 2.59 bits per heavy atom. The summed E-state index contributed by atoms with van der Waals surface area (Å²) < 4.78 is 17.5. The van der Waals surface area contributed by atoms with E-state index in [1.54, 1.807) is 0 Å². The first-order valence-corrected chi connectivity index (χ1v) is 9.36. The second-order valence-electron chi connectivity index (χ2n) is 5.42. The third-order valence-electron chi connectivity index (χ3n) is 3.83. The number of ether oxygens (including phenoxy) is 1. The Morgan fingerprint density at radius 2 is 2.00 bits per heavy atom. The molecule has 1 N–H and O–H groups in total. The van der Waals surface area contributed by atoms with E-state index in [1.807, 2.05) is 31.2 Å². The van der Waals surface area contributed by atoms with Gasteiger partial charge in [0.15, 0.2) is 0 Å². The summed E-state index contributed by atoms with van der Waals surface area (Å²) in [5.74, 6) is -0.0963. The molecule has 6 heteroatoms. The number of hydrogen-bond acceptors (Lipinski definition) is 3. The van der Waals surface area contributed by atoms with Crippen molar-refractivity contribution in [3.05, 3.63) is 34.9 Å². The van der Waals surface area contributed by atoms with Crippen molar-refractivity contribution in [2.75, 3.05) is 19.0 Å². The minimum absolute atomic E-state index is 0.0642. The normalized spacial score (nSPS) is 18.6. The second-order valence-corrected chi connectivity index (χ2v) is 7.57. The highest BCUT2D eigenvalue weighted by Gasteiger charge is 2.23. The van der Waals surface area contributed by atoms with Crippen LogP contribution in [0.25, 0.3) is 0 Å². The maximum absolute atomic E-state index is 12.2. The van der Waals surface area contributed by atoms with Crippen LogP contribution in [0.3, 0.4) is 0 Å². The van der Waals surface area contributed by atoms with Gasteiger partial charge in [-0.15, -0.1) is 0 Å². The van der Waals surface area contributed by atoms with Gasteiger partial charge in [0.2, 0.25) is 5.91 Å². The molecular weight excluding hydrogens is 322 g/mol. The molecule has 22 heavy (non-hydrogen) atoms. The second kappa shape index (κ2) is 8.65. The molecule has 1 aromatic carbocycles. The van der Waals surface area contributed by atoms with Crippen LogP contribution in [0.5, 0.6) is 0 Å². The molecular formula is C16H22ClNO3S. The summed E-state index contributed by atoms with van der Waals surface area (Å²) >= 11 is 5.88. The highest BCUT2D eigenvalue weighted by Crippen LogP contribution is 2.19. The van der Waals surface area contributed by atoms with Crippen LogP contribution >= 0.6 is 11.6 Å². The number of carbonyl (C=O) groups excluding carboxylic acids is 1. The van der Waals surface area contributed by atoms with Crippen LogP contribution in [0, 0.1) is 0 Å². The first-order chi connectivity index (χ1) is 10.6. The standard InChI is InChI=1S/C16H22ClNO3S/c1-2-15(12-3-5-13(17)6-4-12)18-16(19)11-22(20)14-7-9-21-10-8-14/h3-6,14-15H,2,7-11H2,1H3,(H,18,19)/t15-,22-/m0/s1. The number of nitrogens with one attached hydrogen (secondary N) is 1. The van der Waals surface area contributed by atoms with Crippen molar-refractivity contribution in [3.63, 3.8) is 0 Å². The molecule has 1 aliphatic rings. The van der Waals surface area contributed by atoms with Crippen molar-refractivity contribution in [2.24, 2.45) is 0 Å². The van der Waals surface area contributed by atoms with Crippen LogP contribution < -0.4 is 5.32 Å². The molecule has 4 nitrogen and oxygen atoms in total. The van der Waals surface area contributed by atoms with E-state index in [1.165, 1.54) is 0 Å². The quantitative estimate of drug-likeness (QED) is 0.864. The largest absolute Gasteiger partial charge is 0.381 e. The van der Waals surface area contributed by atoms with Crippen molar-refractivity contribution in [2.45, 2.75) is 37.5 Å². The van der Waals surface area contributed by atoms with E-state index in [0.29, 0.717) is 18.2 Å². The van der Waals surface area contributed by atoms with Gasteiger partial charge in [0.05, 0.1) is 6.04 Å². The Balaban J connectivity index is 1.88. The zero-order valence-corrected chi connectivity index (χ0v) is 14.3. The van der Waals surface area contributed by atoms with E-state index < -0.39 is 10.8 Å². The highest BCUT2D eigenvalue weighted by atomic mass is 35.5. The summed E-state index contributed by atoms with van der Waals surface area (Å²) in [6.07, 6.45) is 2.32. The fraction of sp³-hybridized carbons (Fsp3) is 0.562. The van der Waals surface area contributed by atoms with Crippen LogP contribution in [0.15, 0.2) is 24.3 Å². The van der Waals surface area contributed by atoms with Crippen LogP contribution in [-0.2, 0) is 20.3 Å². The predicted molar refractivity (Wildman–Crippen MR) is 89.5 cm³/mol. The maximum atomic E-state index is 12.2. The molecule has 122 valence electrons. The van der Waals surface area contributed by atoms with Crippen molar-refractivity contribution in [1.29, 1.82) is 0 Å². The molecule has 0 bridgehead atoms. The van der Waals surface area contributed by atoms with Gasteiger partial charge in [0.1, 0.15) is 5.75 Å². The average Bonchev–Trinajstić information content (AvgIpc) is 2.54. The highest BCUT2D eigenvalue weighted by molar-refractivity contribution is 7.86. The van der Waals surface area contributed by atoms with E-state index in [4.69, 9.17) is 16.3 Å². The molecule has 1 fully saturated rings. The van der Waals surface area contributed by atoms with Crippen molar-refractivity contribution in [1.82, 2.24) is 5.32 Å². The smallest absolute Gasteiger partial charge is 0.233 e. The Labute approximate surface area is 139 Å². The van der Waals surface area contributed by atoms with Gasteiger partial charge in [-0.05, 0) is 37.0 Å². The van der Waals surface area contributed by atoms with Gasteiger partial charge in [-0.3, -0.25) is 9.00 Å². The van der Waals surface area contributed by atoms with Gasteiger partial charge in [0.25, 0.3) is 0 Å². The number of hydrogen-bond donors (Lipinski definition) is 1. The maximum Gasteiger partial charge on any atom is 0.233 e. The average molecular weight is 344 g/mol. The molecule has 1 saturated heterocycles. The lowest BCUT2D eigenvalue weighted by Gasteiger charge is -2.22. The Bertz CT molecular complexity index is 515. The summed E-state index contributed by atoms with van der Waals surface area (Å²) in [6, 6.07) is 7.37. The lowest BCUT2D eigenvalue weighted by Crippen LogP contribution is -2.35. The van der Waals surface area contributed by atoms with E-state index in [9.17, 15) is 9.00 Å². The van der Waals surface area contributed by atoms with Gasteiger partial charge >= 0.3 is 0 Å². The molecule has 2 rings (SSSR count). The lowest BCUT2D eigenvalue weighted by atomic mass is 10.0. The van der Waals surface area contributed by atoms with Gasteiger partial charge < -0.3 is 10.1 Å². The van der Waals surface area contributed by atoms with Crippen LogP contribution in [0.4, 0.5) is 0 Å². The zero-order chi connectivity index (χ0) is 15.9. The Hall–Kier alpha value is -0.910. The number of benzene rings is 1. The molecule has 0 radical (unpaired) electrons. The molecule has 0 unspecified atom stereocenters. The van der Waals surface area contributed by atoms with Crippen molar-refractivity contribution in [3.8, 4) is 0 Å². The molecule has 0 spiro atoms. The molecule has 2 atom stereocenters. The SMILES string of the molecule is CC[C@H](NC(=O)C[S@](=O)C1CCOCC1)c1ccc(Cl)cc1. The summed E-state index contributed by atoms with van der Waals surface area (Å²) in [4.78, 5) is 12.1. The van der Waals surface area contributed by atoms with E-state index in [-0.39, 0.29) is 23.0 Å². The molecule has 1 aromatic rings. The molecule has 1 aliphatic heterocycles. The van der Waals surface area contributed by atoms with Crippen molar-refractivity contribution >= 4 is 28.3 Å².